The molecule has 1 heterocycles. The third-order valence-electron chi connectivity index (χ3n) is 3.69. The van der Waals surface area contributed by atoms with Crippen LogP contribution in [0.25, 0.3) is 0 Å². The Hall–Kier alpha value is -2.16. The summed E-state index contributed by atoms with van der Waals surface area (Å²) in [5.74, 6) is -0.582. The normalized spacial score (nSPS) is 19.7. The Kier molecular flexibility index (Phi) is 7.46. The third kappa shape index (κ3) is 5.85. The lowest BCUT2D eigenvalue weighted by atomic mass is 10.1. The summed E-state index contributed by atoms with van der Waals surface area (Å²) in [5.41, 5.74) is 16.0. The molecule has 1 aliphatic rings. The SMILES string of the molecule is CC(N)C(=O)N1CCC[C@H]1C(=O)NC(C=O)CCCN=C(N)N. The zero-order valence-corrected chi connectivity index (χ0v) is 13.4. The summed E-state index contributed by atoms with van der Waals surface area (Å²) in [6, 6.07) is -1.83. The van der Waals surface area contributed by atoms with Crippen molar-refractivity contribution >= 4 is 24.1 Å². The second-order valence-electron chi connectivity index (χ2n) is 5.68. The molecule has 1 aliphatic heterocycles. The minimum atomic E-state index is -0.648. The Balaban J connectivity index is 2.53. The first-order valence-corrected chi connectivity index (χ1v) is 7.74. The zero-order valence-electron chi connectivity index (χ0n) is 13.4. The van der Waals surface area contributed by atoms with Crippen LogP contribution in [0.3, 0.4) is 0 Å². The van der Waals surface area contributed by atoms with Crippen LogP contribution >= 0.6 is 0 Å². The second-order valence-corrected chi connectivity index (χ2v) is 5.68. The summed E-state index contributed by atoms with van der Waals surface area (Å²) in [6.07, 6.45) is 2.99. The Labute approximate surface area is 135 Å². The lowest BCUT2D eigenvalue weighted by molar-refractivity contribution is -0.139. The molecule has 0 aromatic heterocycles. The van der Waals surface area contributed by atoms with Gasteiger partial charge in [-0.05, 0) is 32.6 Å². The Morgan fingerprint density at radius 2 is 2.13 bits per heavy atom. The summed E-state index contributed by atoms with van der Waals surface area (Å²) >= 11 is 0. The van der Waals surface area contributed by atoms with Crippen LogP contribution in [0.4, 0.5) is 0 Å². The van der Waals surface area contributed by atoms with Crippen LogP contribution in [-0.2, 0) is 14.4 Å². The van der Waals surface area contributed by atoms with Crippen LogP contribution in [0.15, 0.2) is 4.99 Å². The summed E-state index contributed by atoms with van der Waals surface area (Å²) in [4.78, 5) is 40.7. The van der Waals surface area contributed by atoms with Gasteiger partial charge in [0.1, 0.15) is 12.3 Å². The summed E-state index contributed by atoms with van der Waals surface area (Å²) < 4.78 is 0. The van der Waals surface area contributed by atoms with Gasteiger partial charge in [-0.1, -0.05) is 0 Å². The number of nitrogens with two attached hydrogens (primary N) is 3. The number of amides is 2. The number of nitrogens with one attached hydrogen (secondary N) is 1. The van der Waals surface area contributed by atoms with Crippen molar-refractivity contribution in [3.63, 3.8) is 0 Å². The molecule has 0 saturated carbocycles. The largest absolute Gasteiger partial charge is 0.370 e. The second kappa shape index (κ2) is 9.09. The van der Waals surface area contributed by atoms with Crippen molar-refractivity contribution < 1.29 is 14.4 Å². The average molecular weight is 326 g/mol. The fourth-order valence-corrected chi connectivity index (χ4v) is 2.54. The molecule has 2 unspecified atom stereocenters. The number of guanidine groups is 1. The van der Waals surface area contributed by atoms with Crippen LogP contribution < -0.4 is 22.5 Å². The van der Waals surface area contributed by atoms with Gasteiger partial charge in [0, 0.05) is 13.1 Å². The molecule has 0 aliphatic carbocycles. The van der Waals surface area contributed by atoms with Gasteiger partial charge in [-0.15, -0.1) is 0 Å². The van der Waals surface area contributed by atoms with Crippen molar-refractivity contribution in [1.29, 1.82) is 0 Å². The van der Waals surface area contributed by atoms with Crippen LogP contribution in [0.2, 0.25) is 0 Å². The first-order valence-electron chi connectivity index (χ1n) is 7.74. The summed E-state index contributed by atoms with van der Waals surface area (Å²) in [5, 5.41) is 2.67. The number of carbonyl (C=O) groups is 3. The average Bonchev–Trinajstić information content (AvgIpc) is 2.98. The number of aldehydes is 1. The maximum Gasteiger partial charge on any atom is 0.243 e. The first-order chi connectivity index (χ1) is 10.9. The number of nitrogens with zero attached hydrogens (tertiary/aromatic N) is 2. The minimum Gasteiger partial charge on any atom is -0.370 e. The van der Waals surface area contributed by atoms with E-state index < -0.39 is 18.1 Å². The molecule has 1 rings (SSSR count). The van der Waals surface area contributed by atoms with E-state index >= 15 is 0 Å². The number of carbonyl (C=O) groups excluding carboxylic acids is 3. The maximum absolute atomic E-state index is 12.3. The van der Waals surface area contributed by atoms with Gasteiger partial charge in [-0.25, -0.2) is 0 Å². The Bertz CT molecular complexity index is 461. The molecule has 7 N–H and O–H groups in total. The van der Waals surface area contributed by atoms with E-state index in [0.717, 1.165) is 6.42 Å². The van der Waals surface area contributed by atoms with Crippen LogP contribution in [-0.4, -0.2) is 60.2 Å². The molecule has 1 fully saturated rings. The molecule has 0 bridgehead atoms. The number of aliphatic imine (C=N–C) groups is 1. The number of likely N-dealkylation sites (tertiary alicyclic amines) is 1. The van der Waals surface area contributed by atoms with E-state index in [-0.39, 0.29) is 17.8 Å². The van der Waals surface area contributed by atoms with E-state index in [2.05, 4.69) is 10.3 Å². The molecule has 0 radical (unpaired) electrons. The molecule has 23 heavy (non-hydrogen) atoms. The molecule has 9 nitrogen and oxygen atoms in total. The van der Waals surface area contributed by atoms with E-state index in [1.807, 2.05) is 0 Å². The number of hydrogen-bond donors (Lipinski definition) is 4. The monoisotopic (exact) mass is 326 g/mol. The van der Waals surface area contributed by atoms with Crippen LogP contribution in [0, 0.1) is 0 Å². The maximum atomic E-state index is 12.3. The van der Waals surface area contributed by atoms with Gasteiger partial charge in [0.15, 0.2) is 5.96 Å². The lowest BCUT2D eigenvalue weighted by Gasteiger charge is -2.26. The van der Waals surface area contributed by atoms with Gasteiger partial charge in [-0.2, -0.15) is 0 Å². The first kappa shape index (κ1) is 18.9. The van der Waals surface area contributed by atoms with Gasteiger partial charge in [-0.3, -0.25) is 14.6 Å². The predicted molar refractivity (Wildman–Crippen MR) is 86.3 cm³/mol. The molecule has 3 atom stereocenters. The van der Waals surface area contributed by atoms with Crippen LogP contribution in [0.1, 0.15) is 32.6 Å². The lowest BCUT2D eigenvalue weighted by Crippen LogP contribution is -2.52. The predicted octanol–water partition coefficient (Wildman–Crippen LogP) is -1.94. The molecule has 2 amide bonds. The van der Waals surface area contributed by atoms with Crippen molar-refractivity contribution in [1.82, 2.24) is 10.2 Å². The highest BCUT2D eigenvalue weighted by molar-refractivity contribution is 5.91. The smallest absolute Gasteiger partial charge is 0.243 e. The molecular formula is C14H26N6O3. The summed E-state index contributed by atoms with van der Waals surface area (Å²) in [6.45, 7) is 2.49. The topological polar surface area (TPSA) is 157 Å². The van der Waals surface area contributed by atoms with E-state index in [4.69, 9.17) is 17.2 Å². The van der Waals surface area contributed by atoms with E-state index in [1.54, 1.807) is 6.92 Å². The molecule has 1 saturated heterocycles. The minimum absolute atomic E-state index is 0.00676. The number of hydrogen-bond acceptors (Lipinski definition) is 5. The number of rotatable bonds is 8. The third-order valence-corrected chi connectivity index (χ3v) is 3.69. The highest BCUT2D eigenvalue weighted by atomic mass is 16.2. The molecule has 0 aromatic rings. The Morgan fingerprint density at radius 1 is 1.43 bits per heavy atom. The zero-order chi connectivity index (χ0) is 17.4. The van der Waals surface area contributed by atoms with Gasteiger partial charge in [0.2, 0.25) is 11.8 Å². The standard InChI is InChI=1S/C14H26N6O3/c1-9(15)13(23)20-7-3-5-11(20)12(22)19-10(8-21)4-2-6-18-14(16)17/h8-11H,2-7,15H2,1H3,(H,19,22)(H4,16,17,18)/t9?,10?,11-/m0/s1. The molecule has 0 spiro atoms. The fourth-order valence-electron chi connectivity index (χ4n) is 2.54. The van der Waals surface area contributed by atoms with Gasteiger partial charge >= 0.3 is 0 Å². The van der Waals surface area contributed by atoms with Crippen LogP contribution in [0.5, 0.6) is 0 Å². The van der Waals surface area contributed by atoms with Gasteiger partial charge < -0.3 is 32.2 Å². The van der Waals surface area contributed by atoms with Crippen molar-refractivity contribution in [2.45, 2.75) is 50.7 Å². The molecule has 0 aromatic carbocycles. The van der Waals surface area contributed by atoms with Gasteiger partial charge in [0.05, 0.1) is 12.1 Å². The van der Waals surface area contributed by atoms with E-state index in [0.29, 0.717) is 38.6 Å². The molecule has 130 valence electrons. The highest BCUT2D eigenvalue weighted by Gasteiger charge is 2.35. The van der Waals surface area contributed by atoms with Crippen molar-refractivity contribution in [2.24, 2.45) is 22.2 Å². The van der Waals surface area contributed by atoms with E-state index in [9.17, 15) is 14.4 Å². The molecular weight excluding hydrogens is 300 g/mol. The highest BCUT2D eigenvalue weighted by Crippen LogP contribution is 2.18. The quantitative estimate of drug-likeness (QED) is 0.176. The van der Waals surface area contributed by atoms with E-state index in [1.165, 1.54) is 4.90 Å². The van der Waals surface area contributed by atoms with Gasteiger partial charge in [0.25, 0.3) is 0 Å². The van der Waals surface area contributed by atoms with Crippen molar-refractivity contribution in [3.8, 4) is 0 Å². The summed E-state index contributed by atoms with van der Waals surface area (Å²) in [7, 11) is 0. The fraction of sp³-hybridized carbons (Fsp3) is 0.714. The Morgan fingerprint density at radius 3 is 2.70 bits per heavy atom. The van der Waals surface area contributed by atoms with Crippen molar-refractivity contribution in [2.75, 3.05) is 13.1 Å². The molecule has 9 heteroatoms. The van der Waals surface area contributed by atoms with Crippen molar-refractivity contribution in [3.05, 3.63) is 0 Å².